The van der Waals surface area contributed by atoms with Gasteiger partial charge in [-0.05, 0) is 46.7 Å². The van der Waals surface area contributed by atoms with E-state index in [0.29, 0.717) is 31.8 Å². The molecule has 2 aliphatic rings. The van der Waals surface area contributed by atoms with Gasteiger partial charge in [0, 0.05) is 31.1 Å². The van der Waals surface area contributed by atoms with Gasteiger partial charge in [0.1, 0.15) is 11.9 Å². The van der Waals surface area contributed by atoms with Gasteiger partial charge >= 0.3 is 0 Å². The summed E-state index contributed by atoms with van der Waals surface area (Å²) in [6.07, 6.45) is 5.14. The van der Waals surface area contributed by atoms with Crippen LogP contribution in [0.25, 0.3) is 16.9 Å². The minimum Gasteiger partial charge on any atom is -0.368 e. The van der Waals surface area contributed by atoms with E-state index in [4.69, 9.17) is 4.98 Å². The Morgan fingerprint density at radius 1 is 1.23 bits per heavy atom. The van der Waals surface area contributed by atoms with Crippen molar-refractivity contribution in [3.8, 4) is 11.3 Å². The molecule has 160 valence electrons. The topological polar surface area (TPSA) is 100 Å². The first-order chi connectivity index (χ1) is 15.1. The summed E-state index contributed by atoms with van der Waals surface area (Å²) in [7, 11) is 0. The van der Waals surface area contributed by atoms with Gasteiger partial charge in [-0.2, -0.15) is 9.61 Å². The maximum atomic E-state index is 12.2. The molecule has 0 bridgehead atoms. The van der Waals surface area contributed by atoms with Gasteiger partial charge in [-0.1, -0.05) is 24.3 Å². The zero-order valence-electron chi connectivity index (χ0n) is 16.9. The highest BCUT2D eigenvalue weighted by atomic mass is 79.9. The molecule has 1 aliphatic heterocycles. The number of hydrogen-bond donors (Lipinski definition) is 3. The smallest absolute Gasteiger partial charge is 0.242 e. The zero-order chi connectivity index (χ0) is 21.4. The Hall–Kier alpha value is -2.94. The first-order valence-corrected chi connectivity index (χ1v) is 11.3. The molecule has 1 saturated carbocycles. The first-order valence-electron chi connectivity index (χ1n) is 10.5. The highest BCUT2D eigenvalue weighted by Gasteiger charge is 2.27. The minimum absolute atomic E-state index is 0.0688. The van der Waals surface area contributed by atoms with Crippen LogP contribution in [0.3, 0.4) is 0 Å². The van der Waals surface area contributed by atoms with Gasteiger partial charge in [0.25, 0.3) is 0 Å². The number of hydrogen-bond acceptors (Lipinski definition) is 5. The van der Waals surface area contributed by atoms with Crippen molar-refractivity contribution in [3.63, 3.8) is 0 Å². The third-order valence-corrected chi connectivity index (χ3v) is 6.28. The Morgan fingerprint density at radius 2 is 2.06 bits per heavy atom. The number of anilines is 1. The molecule has 3 heterocycles. The van der Waals surface area contributed by atoms with Crippen LogP contribution in [0.2, 0.25) is 0 Å². The van der Waals surface area contributed by atoms with E-state index >= 15 is 0 Å². The Kier molecular flexibility index (Phi) is 5.35. The van der Waals surface area contributed by atoms with E-state index in [1.807, 2.05) is 12.1 Å². The van der Waals surface area contributed by atoms with Crippen molar-refractivity contribution in [2.24, 2.45) is 0 Å². The molecule has 5 rings (SSSR count). The molecule has 1 atom stereocenters. The van der Waals surface area contributed by atoms with Crippen LogP contribution >= 0.6 is 15.9 Å². The second-order valence-electron chi connectivity index (χ2n) is 7.99. The van der Waals surface area contributed by atoms with E-state index in [0.717, 1.165) is 27.2 Å². The molecular formula is C22H23BrN6O2. The number of fused-ring (bicyclic) bond motifs is 1. The summed E-state index contributed by atoms with van der Waals surface area (Å²) in [5, 5.41) is 13.3. The number of amides is 2. The molecule has 3 N–H and O–H groups in total. The Labute approximate surface area is 187 Å². The van der Waals surface area contributed by atoms with E-state index in [-0.39, 0.29) is 11.8 Å². The molecule has 2 fully saturated rings. The molecule has 1 aliphatic carbocycles. The standard InChI is InChI=1S/C22H23BrN6O2/c23-16-12-26-29-19(24-9-10-25-22(31)17-7-8-20(30)27-17)11-18(28-21(16)29)15-4-2-1-3-14(15)13-5-6-13/h1-4,11-13,17,24H,5-10H2,(H,25,31)(H,27,30). The number of carbonyl (C=O) groups is 2. The number of rotatable bonds is 7. The molecule has 2 amide bonds. The Balaban J connectivity index is 1.34. The van der Waals surface area contributed by atoms with Crippen LogP contribution in [0.4, 0.5) is 5.82 Å². The lowest BCUT2D eigenvalue weighted by Gasteiger charge is -2.14. The van der Waals surface area contributed by atoms with E-state index in [1.54, 1.807) is 10.7 Å². The van der Waals surface area contributed by atoms with E-state index < -0.39 is 6.04 Å². The maximum Gasteiger partial charge on any atom is 0.242 e. The lowest BCUT2D eigenvalue weighted by Crippen LogP contribution is -2.43. The molecule has 0 spiro atoms. The van der Waals surface area contributed by atoms with Gasteiger partial charge < -0.3 is 16.0 Å². The van der Waals surface area contributed by atoms with Crippen LogP contribution in [0, 0.1) is 0 Å². The summed E-state index contributed by atoms with van der Waals surface area (Å²) in [4.78, 5) is 28.3. The zero-order valence-corrected chi connectivity index (χ0v) is 18.5. The molecule has 1 aromatic carbocycles. The van der Waals surface area contributed by atoms with Crippen molar-refractivity contribution >= 4 is 39.2 Å². The maximum absolute atomic E-state index is 12.2. The van der Waals surface area contributed by atoms with Crippen LogP contribution in [0.5, 0.6) is 0 Å². The van der Waals surface area contributed by atoms with Crippen LogP contribution in [-0.2, 0) is 9.59 Å². The molecule has 1 unspecified atom stereocenters. The van der Waals surface area contributed by atoms with Gasteiger partial charge in [-0.3, -0.25) is 9.59 Å². The average Bonchev–Trinajstić information content (AvgIpc) is 3.44. The van der Waals surface area contributed by atoms with Gasteiger partial charge in [-0.15, -0.1) is 0 Å². The largest absolute Gasteiger partial charge is 0.368 e. The van der Waals surface area contributed by atoms with Crippen molar-refractivity contribution in [2.45, 2.75) is 37.6 Å². The molecule has 8 nitrogen and oxygen atoms in total. The molecule has 0 radical (unpaired) electrons. The summed E-state index contributed by atoms with van der Waals surface area (Å²) >= 11 is 3.55. The van der Waals surface area contributed by atoms with Crippen molar-refractivity contribution in [1.29, 1.82) is 0 Å². The van der Waals surface area contributed by atoms with Crippen LogP contribution < -0.4 is 16.0 Å². The quantitative estimate of drug-likeness (QED) is 0.449. The van der Waals surface area contributed by atoms with Crippen molar-refractivity contribution in [1.82, 2.24) is 25.2 Å². The van der Waals surface area contributed by atoms with Crippen molar-refractivity contribution in [3.05, 3.63) is 46.6 Å². The fourth-order valence-electron chi connectivity index (χ4n) is 3.99. The predicted molar refractivity (Wildman–Crippen MR) is 121 cm³/mol. The van der Waals surface area contributed by atoms with Gasteiger partial charge in [0.05, 0.1) is 16.4 Å². The SMILES string of the molecule is O=C1CCC(C(=O)NCCNc2cc(-c3ccccc3C3CC3)nc3c(Br)cnn23)N1. The second kappa shape index (κ2) is 8.30. The van der Waals surface area contributed by atoms with Crippen LogP contribution in [0.1, 0.15) is 37.2 Å². The number of aromatic nitrogens is 3. The second-order valence-corrected chi connectivity index (χ2v) is 8.85. The highest BCUT2D eigenvalue weighted by Crippen LogP contribution is 2.44. The summed E-state index contributed by atoms with van der Waals surface area (Å²) in [5.74, 6) is 1.21. The number of halogens is 1. The Bertz CT molecular complexity index is 1160. The highest BCUT2D eigenvalue weighted by molar-refractivity contribution is 9.10. The molecule has 1 saturated heterocycles. The molecule has 2 aromatic heterocycles. The number of nitrogens with one attached hydrogen (secondary N) is 3. The van der Waals surface area contributed by atoms with Crippen molar-refractivity contribution < 1.29 is 9.59 Å². The average molecular weight is 483 g/mol. The summed E-state index contributed by atoms with van der Waals surface area (Å²) in [6, 6.07) is 10.0. The molecule has 31 heavy (non-hydrogen) atoms. The summed E-state index contributed by atoms with van der Waals surface area (Å²) in [5.41, 5.74) is 4.13. The fourth-order valence-corrected chi connectivity index (χ4v) is 4.34. The number of carbonyl (C=O) groups excluding carboxylic acids is 2. The lowest BCUT2D eigenvalue weighted by molar-refractivity contribution is -0.125. The molecule has 3 aromatic rings. The van der Waals surface area contributed by atoms with Gasteiger partial charge in [-0.25, -0.2) is 4.98 Å². The van der Waals surface area contributed by atoms with Crippen molar-refractivity contribution in [2.75, 3.05) is 18.4 Å². The normalized spacial score (nSPS) is 18.2. The van der Waals surface area contributed by atoms with Crippen LogP contribution in [0.15, 0.2) is 41.0 Å². The third-order valence-electron chi connectivity index (χ3n) is 5.72. The number of benzene rings is 1. The minimum atomic E-state index is -0.423. The first kappa shape index (κ1) is 20.0. The predicted octanol–water partition coefficient (Wildman–Crippen LogP) is 2.84. The van der Waals surface area contributed by atoms with Gasteiger partial charge in [0.2, 0.25) is 11.8 Å². The van der Waals surface area contributed by atoms with E-state index in [1.165, 1.54) is 18.4 Å². The lowest BCUT2D eigenvalue weighted by atomic mass is 10.0. The fraction of sp³-hybridized carbons (Fsp3) is 0.364. The molecular weight excluding hydrogens is 460 g/mol. The van der Waals surface area contributed by atoms with E-state index in [2.05, 4.69) is 55.2 Å². The summed E-state index contributed by atoms with van der Waals surface area (Å²) in [6.45, 7) is 0.957. The molecule has 9 heteroatoms. The number of nitrogens with zero attached hydrogens (tertiary/aromatic N) is 3. The van der Waals surface area contributed by atoms with Crippen LogP contribution in [-0.4, -0.2) is 45.5 Å². The van der Waals surface area contributed by atoms with Gasteiger partial charge in [0.15, 0.2) is 5.65 Å². The summed E-state index contributed by atoms with van der Waals surface area (Å²) < 4.78 is 2.58. The van der Waals surface area contributed by atoms with E-state index in [9.17, 15) is 9.59 Å². The third kappa shape index (κ3) is 4.14. The monoisotopic (exact) mass is 482 g/mol. The Morgan fingerprint density at radius 3 is 2.84 bits per heavy atom.